The van der Waals surface area contributed by atoms with Gasteiger partial charge in [0.15, 0.2) is 0 Å². The van der Waals surface area contributed by atoms with Crippen LogP contribution in [0.3, 0.4) is 0 Å². The molecule has 0 aliphatic rings. The number of nitrogens with one attached hydrogen (secondary N) is 1. The smallest absolute Gasteiger partial charge is 0.365 e. The fraction of sp³-hybridized carbons (Fsp3) is 0.222. The van der Waals surface area contributed by atoms with E-state index in [9.17, 15) is 23.3 Å². The van der Waals surface area contributed by atoms with Crippen molar-refractivity contribution in [2.24, 2.45) is 0 Å². The van der Waals surface area contributed by atoms with Crippen LogP contribution in [0.5, 0.6) is 0 Å². The maximum Gasteiger partial charge on any atom is 0.416 e. The van der Waals surface area contributed by atoms with Crippen molar-refractivity contribution in [3.8, 4) is 0 Å². The predicted molar refractivity (Wildman–Crippen MR) is 94.4 cm³/mol. The van der Waals surface area contributed by atoms with Crippen LogP contribution in [0.1, 0.15) is 22.5 Å². The molecule has 3 rings (SSSR count). The van der Waals surface area contributed by atoms with Gasteiger partial charge in [0, 0.05) is 24.1 Å². The number of aromatic nitrogens is 2. The lowest BCUT2D eigenvalue weighted by molar-refractivity contribution is -0.385. The first-order valence-corrected chi connectivity index (χ1v) is 7.98. The third-order valence-corrected chi connectivity index (χ3v) is 3.94. The van der Waals surface area contributed by atoms with Crippen LogP contribution in [-0.2, 0) is 12.7 Å². The number of fused-ring (bicyclic) bond motifs is 1. The highest BCUT2D eigenvalue weighted by molar-refractivity contribution is 5.89. The van der Waals surface area contributed by atoms with Crippen LogP contribution in [0.4, 0.5) is 24.7 Å². The van der Waals surface area contributed by atoms with E-state index in [0.717, 1.165) is 17.7 Å². The monoisotopic (exact) mass is 376 g/mol. The zero-order valence-electron chi connectivity index (χ0n) is 14.5. The summed E-state index contributed by atoms with van der Waals surface area (Å²) in [7, 11) is 0. The second-order valence-electron chi connectivity index (χ2n) is 6.14. The Bertz CT molecular complexity index is 1030. The summed E-state index contributed by atoms with van der Waals surface area (Å²) < 4.78 is 39.0. The maximum atomic E-state index is 13.0. The molecule has 0 radical (unpaired) electrons. The molecular formula is C18H15F3N4O2. The topological polar surface area (TPSA) is 81.0 Å². The Hall–Kier alpha value is -3.23. The molecular weight excluding hydrogens is 361 g/mol. The van der Waals surface area contributed by atoms with Gasteiger partial charge >= 0.3 is 6.18 Å². The number of hydrogen-bond donors (Lipinski definition) is 1. The van der Waals surface area contributed by atoms with Gasteiger partial charge in [-0.15, -0.1) is 0 Å². The minimum absolute atomic E-state index is 0.0514. The number of benzene rings is 2. The molecule has 0 saturated carbocycles. The molecule has 6 nitrogen and oxygen atoms in total. The van der Waals surface area contributed by atoms with Gasteiger partial charge in [0.2, 0.25) is 0 Å². The number of nitro groups is 1. The Morgan fingerprint density at radius 2 is 1.85 bits per heavy atom. The fourth-order valence-corrected chi connectivity index (χ4v) is 2.72. The first kappa shape index (κ1) is 18.6. The van der Waals surface area contributed by atoms with Gasteiger partial charge in [0.25, 0.3) is 5.69 Å². The fourth-order valence-electron chi connectivity index (χ4n) is 2.72. The zero-order chi connectivity index (χ0) is 19.8. The predicted octanol–water partition coefficient (Wildman–Crippen LogP) is 4.79. The molecule has 140 valence electrons. The van der Waals surface area contributed by atoms with Crippen molar-refractivity contribution < 1.29 is 18.1 Å². The standard InChI is InChI=1S/C18H15F3N4O2/c1-10-3-4-15-16(5-10)23-11(2)24-17(15)22-9-12-6-13(18(19,20)21)8-14(7-12)25(26)27/h3-8H,9H2,1-2H3,(H,22,23,24). The Labute approximate surface area is 152 Å². The molecule has 0 unspecified atom stereocenters. The van der Waals surface area contributed by atoms with E-state index in [1.807, 2.05) is 25.1 Å². The third kappa shape index (κ3) is 4.13. The maximum absolute atomic E-state index is 13.0. The lowest BCUT2D eigenvalue weighted by Gasteiger charge is -2.12. The number of aryl methyl sites for hydroxylation is 2. The molecule has 0 aliphatic heterocycles. The van der Waals surface area contributed by atoms with E-state index in [4.69, 9.17) is 0 Å². The van der Waals surface area contributed by atoms with Crippen LogP contribution >= 0.6 is 0 Å². The van der Waals surface area contributed by atoms with Crippen LogP contribution in [0.25, 0.3) is 10.9 Å². The molecule has 1 aromatic heterocycles. The van der Waals surface area contributed by atoms with Gasteiger partial charge in [0.05, 0.1) is 16.0 Å². The van der Waals surface area contributed by atoms with E-state index in [1.54, 1.807) is 6.92 Å². The van der Waals surface area contributed by atoms with Crippen molar-refractivity contribution in [2.45, 2.75) is 26.6 Å². The molecule has 0 spiro atoms. The highest BCUT2D eigenvalue weighted by Gasteiger charge is 2.32. The summed E-state index contributed by atoms with van der Waals surface area (Å²) in [5.41, 5.74) is 0.182. The Morgan fingerprint density at radius 1 is 1.11 bits per heavy atom. The number of halogens is 3. The van der Waals surface area contributed by atoms with Crippen molar-refractivity contribution >= 4 is 22.4 Å². The van der Waals surface area contributed by atoms with E-state index < -0.39 is 22.4 Å². The molecule has 1 N–H and O–H groups in total. The second kappa shape index (κ2) is 6.82. The highest BCUT2D eigenvalue weighted by Crippen LogP contribution is 2.33. The Morgan fingerprint density at radius 3 is 2.52 bits per heavy atom. The summed E-state index contributed by atoms with van der Waals surface area (Å²) in [6, 6.07) is 8.10. The van der Waals surface area contributed by atoms with Gasteiger partial charge in [-0.1, -0.05) is 6.07 Å². The summed E-state index contributed by atoms with van der Waals surface area (Å²) in [6.45, 7) is 3.58. The first-order valence-electron chi connectivity index (χ1n) is 7.98. The van der Waals surface area contributed by atoms with Gasteiger partial charge in [-0.05, 0) is 43.2 Å². The molecule has 3 aromatic rings. The molecule has 2 aromatic carbocycles. The normalized spacial score (nSPS) is 11.6. The number of rotatable bonds is 4. The van der Waals surface area contributed by atoms with Crippen molar-refractivity contribution in [3.63, 3.8) is 0 Å². The molecule has 0 aliphatic carbocycles. The van der Waals surface area contributed by atoms with Crippen molar-refractivity contribution in [1.29, 1.82) is 0 Å². The average molecular weight is 376 g/mol. The zero-order valence-corrected chi connectivity index (χ0v) is 14.5. The average Bonchev–Trinajstić information content (AvgIpc) is 2.58. The van der Waals surface area contributed by atoms with E-state index in [0.29, 0.717) is 28.6 Å². The minimum Gasteiger partial charge on any atom is -0.365 e. The third-order valence-electron chi connectivity index (χ3n) is 3.94. The number of alkyl halides is 3. The Balaban J connectivity index is 1.96. The summed E-state index contributed by atoms with van der Waals surface area (Å²) in [5, 5.41) is 14.6. The van der Waals surface area contributed by atoms with E-state index >= 15 is 0 Å². The van der Waals surface area contributed by atoms with Gasteiger partial charge in [-0.2, -0.15) is 13.2 Å². The van der Waals surface area contributed by atoms with E-state index in [1.165, 1.54) is 0 Å². The van der Waals surface area contributed by atoms with Crippen molar-refractivity contribution in [3.05, 3.63) is 69.0 Å². The summed E-state index contributed by atoms with van der Waals surface area (Å²) in [6.07, 6.45) is -4.67. The number of anilines is 1. The van der Waals surface area contributed by atoms with E-state index in [-0.39, 0.29) is 12.1 Å². The first-order chi connectivity index (χ1) is 12.6. The molecule has 27 heavy (non-hydrogen) atoms. The Kier molecular flexibility index (Phi) is 4.69. The molecule has 9 heteroatoms. The van der Waals surface area contributed by atoms with Crippen LogP contribution < -0.4 is 5.32 Å². The summed E-state index contributed by atoms with van der Waals surface area (Å²) in [5.74, 6) is 0.961. The van der Waals surface area contributed by atoms with E-state index in [2.05, 4.69) is 15.3 Å². The number of nitrogens with zero attached hydrogens (tertiary/aromatic N) is 3. The molecule has 0 bridgehead atoms. The molecule has 0 fully saturated rings. The van der Waals surface area contributed by atoms with Crippen LogP contribution in [0.15, 0.2) is 36.4 Å². The summed E-state index contributed by atoms with van der Waals surface area (Å²) >= 11 is 0. The lowest BCUT2D eigenvalue weighted by atomic mass is 10.1. The molecule has 0 saturated heterocycles. The van der Waals surface area contributed by atoms with Crippen LogP contribution in [-0.4, -0.2) is 14.9 Å². The quantitative estimate of drug-likeness (QED) is 0.523. The van der Waals surface area contributed by atoms with Gasteiger partial charge < -0.3 is 5.32 Å². The SMILES string of the molecule is Cc1ccc2c(NCc3cc([N+](=O)[O-])cc(C(F)(F)F)c3)nc(C)nc2c1. The van der Waals surface area contributed by atoms with Gasteiger partial charge in [-0.25, -0.2) is 9.97 Å². The second-order valence-corrected chi connectivity index (χ2v) is 6.14. The molecule has 1 heterocycles. The number of non-ortho nitro benzene ring substituents is 1. The number of nitro benzene ring substituents is 1. The highest BCUT2D eigenvalue weighted by atomic mass is 19.4. The summed E-state index contributed by atoms with van der Waals surface area (Å²) in [4.78, 5) is 18.8. The minimum atomic E-state index is -4.67. The number of hydrogen-bond acceptors (Lipinski definition) is 5. The molecule has 0 amide bonds. The molecule has 0 atom stereocenters. The van der Waals surface area contributed by atoms with Gasteiger partial charge in [-0.3, -0.25) is 10.1 Å². The van der Waals surface area contributed by atoms with Gasteiger partial charge in [0.1, 0.15) is 11.6 Å². The lowest BCUT2D eigenvalue weighted by Crippen LogP contribution is -2.09. The van der Waals surface area contributed by atoms with Crippen LogP contribution in [0, 0.1) is 24.0 Å². The van der Waals surface area contributed by atoms with Crippen molar-refractivity contribution in [1.82, 2.24) is 9.97 Å². The van der Waals surface area contributed by atoms with Crippen molar-refractivity contribution in [2.75, 3.05) is 5.32 Å². The largest absolute Gasteiger partial charge is 0.416 e. The van der Waals surface area contributed by atoms with Crippen LogP contribution in [0.2, 0.25) is 0 Å².